The van der Waals surface area contributed by atoms with Crippen LogP contribution >= 0.6 is 0 Å². The number of unbranched alkanes of at least 4 members (excludes halogenated alkanes) is 2. The average molecular weight is 266 g/mol. The van der Waals surface area contributed by atoms with Crippen LogP contribution in [0, 0.1) is 5.82 Å². The lowest BCUT2D eigenvalue weighted by atomic mass is 10.2. The Morgan fingerprint density at radius 3 is 2.63 bits per heavy atom. The number of aromatic nitrogens is 2. The van der Waals surface area contributed by atoms with Crippen LogP contribution in [0.3, 0.4) is 0 Å². The molecule has 0 atom stereocenters. The molecule has 1 N–H and O–H groups in total. The van der Waals surface area contributed by atoms with Gasteiger partial charge in [0.05, 0.1) is 0 Å². The van der Waals surface area contributed by atoms with Gasteiger partial charge in [-0.05, 0) is 43.5 Å². The van der Waals surface area contributed by atoms with Crippen LogP contribution in [0.4, 0.5) is 4.39 Å². The average Bonchev–Trinajstić information content (AvgIpc) is 2.77. The van der Waals surface area contributed by atoms with E-state index in [2.05, 4.69) is 5.10 Å². The summed E-state index contributed by atoms with van der Waals surface area (Å²) in [5.74, 6) is -0.690. The van der Waals surface area contributed by atoms with Gasteiger partial charge in [-0.25, -0.2) is 9.18 Å². The van der Waals surface area contributed by atoms with Crippen LogP contribution in [0.1, 0.15) is 19.3 Å². The van der Waals surface area contributed by atoms with Crippen LogP contribution in [-0.4, -0.2) is 21.5 Å². The number of nitrogens with zero attached hydrogens (tertiary/aromatic N) is 2. The highest BCUT2D eigenvalue weighted by molar-refractivity contribution is 5.51. The molecule has 19 heavy (non-hydrogen) atoms. The van der Waals surface area contributed by atoms with E-state index >= 15 is 0 Å². The van der Waals surface area contributed by atoms with E-state index in [-0.39, 0.29) is 18.3 Å². The Kier molecular flexibility index (Phi) is 4.46. The molecule has 1 heterocycles. The maximum Gasteiger partial charge on any atom is 0.437 e. The molecule has 0 fully saturated rings. The Bertz CT molecular complexity index is 574. The van der Waals surface area contributed by atoms with Crippen molar-refractivity contribution in [3.8, 4) is 11.5 Å². The Balaban J connectivity index is 2.08. The minimum Gasteiger partial charge on any atom is -0.396 e. The zero-order valence-corrected chi connectivity index (χ0v) is 10.4. The molecule has 0 bridgehead atoms. The van der Waals surface area contributed by atoms with Crippen molar-refractivity contribution in [1.82, 2.24) is 9.78 Å². The van der Waals surface area contributed by atoms with Gasteiger partial charge in [0.2, 0.25) is 5.89 Å². The lowest BCUT2D eigenvalue weighted by molar-refractivity contribution is 0.281. The maximum absolute atomic E-state index is 12.8. The number of aliphatic hydroxyl groups is 1. The van der Waals surface area contributed by atoms with Gasteiger partial charge in [-0.15, -0.1) is 5.10 Å². The summed E-state index contributed by atoms with van der Waals surface area (Å²) in [6.45, 7) is 0.595. The number of halogens is 1. The molecule has 0 spiro atoms. The Morgan fingerprint density at radius 2 is 1.95 bits per heavy atom. The Hall–Kier alpha value is -1.95. The highest BCUT2D eigenvalue weighted by atomic mass is 19.1. The SMILES string of the molecule is O=c1oc(-c2ccc(F)cc2)nn1CCCCCO. The van der Waals surface area contributed by atoms with Gasteiger partial charge in [0, 0.05) is 18.7 Å². The molecule has 0 saturated carbocycles. The van der Waals surface area contributed by atoms with E-state index in [9.17, 15) is 9.18 Å². The fraction of sp³-hybridized carbons (Fsp3) is 0.385. The van der Waals surface area contributed by atoms with Gasteiger partial charge in [0.1, 0.15) is 5.82 Å². The molecular weight excluding hydrogens is 251 g/mol. The van der Waals surface area contributed by atoms with Gasteiger partial charge in [0.25, 0.3) is 0 Å². The molecule has 0 aliphatic rings. The molecule has 0 amide bonds. The van der Waals surface area contributed by atoms with Gasteiger partial charge in [-0.3, -0.25) is 0 Å². The van der Waals surface area contributed by atoms with Crippen LogP contribution in [0.15, 0.2) is 33.5 Å². The Morgan fingerprint density at radius 1 is 1.21 bits per heavy atom. The summed E-state index contributed by atoms with van der Waals surface area (Å²) in [6.07, 6.45) is 2.27. The van der Waals surface area contributed by atoms with Crippen LogP contribution < -0.4 is 5.76 Å². The van der Waals surface area contributed by atoms with Gasteiger partial charge in [0.15, 0.2) is 0 Å². The van der Waals surface area contributed by atoms with E-state index in [4.69, 9.17) is 9.52 Å². The summed E-state index contributed by atoms with van der Waals surface area (Å²) in [5, 5.41) is 12.7. The summed E-state index contributed by atoms with van der Waals surface area (Å²) in [6, 6.07) is 5.60. The van der Waals surface area contributed by atoms with Gasteiger partial charge < -0.3 is 9.52 Å². The number of rotatable bonds is 6. The fourth-order valence-electron chi connectivity index (χ4n) is 1.71. The zero-order valence-electron chi connectivity index (χ0n) is 10.4. The molecule has 6 heteroatoms. The lowest BCUT2D eigenvalue weighted by Crippen LogP contribution is -2.15. The van der Waals surface area contributed by atoms with Crippen LogP contribution in [0.2, 0.25) is 0 Å². The first-order chi connectivity index (χ1) is 9.20. The molecule has 0 aliphatic carbocycles. The van der Waals surface area contributed by atoms with Crippen LogP contribution in [0.5, 0.6) is 0 Å². The van der Waals surface area contributed by atoms with Crippen molar-refractivity contribution in [2.24, 2.45) is 0 Å². The highest BCUT2D eigenvalue weighted by Crippen LogP contribution is 2.15. The summed E-state index contributed by atoms with van der Waals surface area (Å²) in [4.78, 5) is 11.6. The number of aryl methyl sites for hydroxylation is 1. The normalized spacial score (nSPS) is 10.8. The number of aliphatic hydroxyl groups excluding tert-OH is 1. The van der Waals surface area contributed by atoms with E-state index in [1.165, 1.54) is 28.9 Å². The van der Waals surface area contributed by atoms with Crippen LogP contribution in [0.25, 0.3) is 11.5 Å². The first kappa shape index (κ1) is 13.5. The minimum atomic E-state index is -0.525. The molecule has 0 aliphatic heterocycles. The van der Waals surface area contributed by atoms with Crippen molar-refractivity contribution < 1.29 is 13.9 Å². The molecule has 0 radical (unpaired) electrons. The first-order valence-electron chi connectivity index (χ1n) is 6.15. The largest absolute Gasteiger partial charge is 0.437 e. The second-order valence-electron chi connectivity index (χ2n) is 4.19. The molecule has 1 aromatic heterocycles. The highest BCUT2D eigenvalue weighted by Gasteiger charge is 2.09. The molecule has 102 valence electrons. The zero-order chi connectivity index (χ0) is 13.7. The number of hydrogen-bond donors (Lipinski definition) is 1. The molecular formula is C13H15FN2O3. The number of hydrogen-bond acceptors (Lipinski definition) is 4. The van der Waals surface area contributed by atoms with Crippen molar-refractivity contribution in [3.63, 3.8) is 0 Å². The monoisotopic (exact) mass is 266 g/mol. The quantitative estimate of drug-likeness (QED) is 0.809. The number of benzene rings is 1. The Labute approximate surface area is 109 Å². The third-order valence-corrected chi connectivity index (χ3v) is 2.73. The lowest BCUT2D eigenvalue weighted by Gasteiger charge is -1.97. The maximum atomic E-state index is 12.8. The van der Waals surface area contributed by atoms with Crippen molar-refractivity contribution in [2.75, 3.05) is 6.61 Å². The summed E-state index contributed by atoms with van der Waals surface area (Å²) in [5.41, 5.74) is 0.563. The van der Waals surface area contributed by atoms with E-state index in [1.54, 1.807) is 0 Å². The standard InChI is InChI=1S/C13H15FN2O3/c14-11-6-4-10(5-7-11)12-15-16(13(18)19-12)8-2-1-3-9-17/h4-7,17H,1-3,8-9H2. The van der Waals surface area contributed by atoms with Gasteiger partial charge in [-0.2, -0.15) is 4.68 Å². The molecule has 2 aromatic rings. The molecule has 5 nitrogen and oxygen atoms in total. The molecule has 2 rings (SSSR count). The topological polar surface area (TPSA) is 68.3 Å². The predicted octanol–water partition coefficient (Wildman–Crippen LogP) is 1.80. The van der Waals surface area contributed by atoms with Crippen LogP contribution in [-0.2, 0) is 6.54 Å². The van der Waals surface area contributed by atoms with Crippen molar-refractivity contribution >= 4 is 0 Å². The van der Waals surface area contributed by atoms with Gasteiger partial charge >= 0.3 is 5.76 Å². The van der Waals surface area contributed by atoms with Crippen molar-refractivity contribution in [2.45, 2.75) is 25.8 Å². The first-order valence-corrected chi connectivity index (χ1v) is 6.15. The molecule has 1 aromatic carbocycles. The predicted molar refractivity (Wildman–Crippen MR) is 67.1 cm³/mol. The third-order valence-electron chi connectivity index (χ3n) is 2.73. The van der Waals surface area contributed by atoms with E-state index in [0.29, 0.717) is 18.5 Å². The minimum absolute atomic E-state index is 0.147. The second kappa shape index (κ2) is 6.29. The molecule has 0 saturated heterocycles. The second-order valence-corrected chi connectivity index (χ2v) is 4.19. The van der Waals surface area contributed by atoms with Gasteiger partial charge in [-0.1, -0.05) is 0 Å². The third kappa shape index (κ3) is 3.51. The van der Waals surface area contributed by atoms with E-state index in [1.807, 2.05) is 0 Å². The van der Waals surface area contributed by atoms with Crippen molar-refractivity contribution in [3.05, 3.63) is 40.6 Å². The van der Waals surface area contributed by atoms with E-state index < -0.39 is 5.76 Å². The summed E-state index contributed by atoms with van der Waals surface area (Å²) >= 11 is 0. The molecule has 0 unspecified atom stereocenters. The smallest absolute Gasteiger partial charge is 0.396 e. The van der Waals surface area contributed by atoms with Crippen molar-refractivity contribution in [1.29, 1.82) is 0 Å². The summed E-state index contributed by atoms with van der Waals surface area (Å²) in [7, 11) is 0. The fourth-order valence-corrected chi connectivity index (χ4v) is 1.71. The summed E-state index contributed by atoms with van der Waals surface area (Å²) < 4.78 is 19.1. The van der Waals surface area contributed by atoms with E-state index in [0.717, 1.165) is 12.8 Å².